The van der Waals surface area contributed by atoms with Gasteiger partial charge in [-0.2, -0.15) is 4.68 Å². The maximum atomic E-state index is 11.9. The molecule has 0 bridgehead atoms. The van der Waals surface area contributed by atoms with Gasteiger partial charge in [0.25, 0.3) is 0 Å². The highest BCUT2D eigenvalue weighted by Gasteiger charge is 2.23. The summed E-state index contributed by atoms with van der Waals surface area (Å²) in [5.41, 5.74) is 0.865. The fourth-order valence-electron chi connectivity index (χ4n) is 1.86. The molecule has 0 spiro atoms. The van der Waals surface area contributed by atoms with Crippen LogP contribution < -0.4 is 0 Å². The largest absolute Gasteiger partial charge is 0.468 e. The molecular weight excluding hydrogens is 288 g/mol. The average Bonchev–Trinajstić information content (AvgIpc) is 2.99. The lowest BCUT2D eigenvalue weighted by Gasteiger charge is -2.13. The first-order chi connectivity index (χ1) is 10.3. The van der Waals surface area contributed by atoms with Gasteiger partial charge in [-0.25, -0.2) is 0 Å². The lowest BCUT2D eigenvalue weighted by atomic mass is 10.2. The van der Waals surface area contributed by atoms with E-state index in [1.54, 1.807) is 4.68 Å². The van der Waals surface area contributed by atoms with Gasteiger partial charge in [-0.3, -0.25) is 4.79 Å². The first-order valence-electron chi connectivity index (χ1n) is 6.84. The second-order valence-corrected chi connectivity index (χ2v) is 5.65. The van der Waals surface area contributed by atoms with Crippen molar-refractivity contribution in [3.8, 4) is 5.69 Å². The van der Waals surface area contributed by atoms with Gasteiger partial charge in [0.05, 0.1) is 12.8 Å². The van der Waals surface area contributed by atoms with Crippen LogP contribution in [0.25, 0.3) is 5.69 Å². The van der Waals surface area contributed by atoms with E-state index in [-0.39, 0.29) is 11.2 Å². The number of aromatic nitrogens is 4. The van der Waals surface area contributed by atoms with Crippen molar-refractivity contribution in [2.24, 2.45) is 0 Å². The fourth-order valence-corrected chi connectivity index (χ4v) is 2.91. The number of para-hydroxylation sites is 1. The Morgan fingerprint density at radius 2 is 2.14 bits per heavy atom. The van der Waals surface area contributed by atoms with E-state index in [1.807, 2.05) is 30.3 Å². The van der Waals surface area contributed by atoms with Crippen molar-refractivity contribution in [2.45, 2.75) is 36.6 Å². The summed E-state index contributed by atoms with van der Waals surface area (Å²) in [5.74, 6) is -0.240. The lowest BCUT2D eigenvalue weighted by molar-refractivity contribution is -0.140. The number of nitrogens with zero attached hydrogens (tertiary/aromatic N) is 4. The second kappa shape index (κ2) is 7.78. The zero-order valence-corrected chi connectivity index (χ0v) is 12.9. The molecule has 112 valence electrons. The van der Waals surface area contributed by atoms with Gasteiger partial charge in [-0.15, -0.1) is 5.10 Å². The van der Waals surface area contributed by atoms with E-state index < -0.39 is 0 Å². The Labute approximate surface area is 127 Å². The topological polar surface area (TPSA) is 69.9 Å². The van der Waals surface area contributed by atoms with Gasteiger partial charge < -0.3 is 4.74 Å². The summed E-state index contributed by atoms with van der Waals surface area (Å²) < 4.78 is 6.50. The molecule has 1 aromatic carbocycles. The van der Waals surface area contributed by atoms with Crippen LogP contribution in [0.3, 0.4) is 0 Å². The number of ether oxygens (including phenoxy) is 1. The molecule has 2 aromatic rings. The summed E-state index contributed by atoms with van der Waals surface area (Å²) in [4.78, 5) is 11.9. The minimum absolute atomic E-state index is 0.240. The monoisotopic (exact) mass is 306 g/mol. The van der Waals surface area contributed by atoms with Gasteiger partial charge in [-0.05, 0) is 29.0 Å². The number of rotatable bonds is 7. The van der Waals surface area contributed by atoms with Gasteiger partial charge in [0.15, 0.2) is 0 Å². The van der Waals surface area contributed by atoms with Gasteiger partial charge in [0.2, 0.25) is 5.16 Å². The highest BCUT2D eigenvalue weighted by atomic mass is 32.2. The molecule has 0 amide bonds. The zero-order chi connectivity index (χ0) is 15.1. The van der Waals surface area contributed by atoms with Crippen molar-refractivity contribution in [1.29, 1.82) is 0 Å². The normalized spacial score (nSPS) is 12.1. The molecule has 0 fully saturated rings. The number of hydrogen-bond acceptors (Lipinski definition) is 6. The molecule has 0 aliphatic carbocycles. The highest BCUT2D eigenvalue weighted by molar-refractivity contribution is 8.00. The summed E-state index contributed by atoms with van der Waals surface area (Å²) in [5, 5.41) is 12.0. The predicted octanol–water partition coefficient (Wildman–Crippen LogP) is 2.49. The first kappa shape index (κ1) is 15.5. The Morgan fingerprint density at radius 3 is 2.81 bits per heavy atom. The van der Waals surface area contributed by atoms with Crippen molar-refractivity contribution in [2.75, 3.05) is 7.11 Å². The Morgan fingerprint density at radius 1 is 1.38 bits per heavy atom. The van der Waals surface area contributed by atoms with Crippen LogP contribution in [0.4, 0.5) is 0 Å². The van der Waals surface area contributed by atoms with Gasteiger partial charge in [0, 0.05) is 0 Å². The quantitative estimate of drug-likeness (QED) is 0.578. The fraction of sp³-hybridized carbons (Fsp3) is 0.429. The average molecular weight is 306 g/mol. The van der Waals surface area contributed by atoms with Gasteiger partial charge in [-0.1, -0.05) is 49.7 Å². The Balaban J connectivity index is 2.18. The van der Waals surface area contributed by atoms with E-state index in [0.29, 0.717) is 5.16 Å². The minimum atomic E-state index is -0.289. The molecule has 7 heteroatoms. The number of tetrazole rings is 1. The number of hydrogen-bond donors (Lipinski definition) is 0. The van der Waals surface area contributed by atoms with E-state index in [9.17, 15) is 4.79 Å². The van der Waals surface area contributed by atoms with E-state index in [4.69, 9.17) is 4.74 Å². The van der Waals surface area contributed by atoms with Crippen LogP contribution in [0.1, 0.15) is 26.2 Å². The van der Waals surface area contributed by atoms with Gasteiger partial charge in [0.1, 0.15) is 5.25 Å². The number of methoxy groups -OCH3 is 1. The highest BCUT2D eigenvalue weighted by Crippen LogP contribution is 2.27. The number of carbonyl (C=O) groups is 1. The summed E-state index contributed by atoms with van der Waals surface area (Å²) in [6, 6.07) is 9.60. The molecule has 1 atom stereocenters. The molecule has 1 aromatic heterocycles. The summed E-state index contributed by atoms with van der Waals surface area (Å²) in [7, 11) is 1.40. The van der Waals surface area contributed by atoms with Crippen LogP contribution in [0.2, 0.25) is 0 Å². The molecule has 0 aliphatic rings. The Kier molecular flexibility index (Phi) is 5.74. The smallest absolute Gasteiger partial charge is 0.319 e. The van der Waals surface area contributed by atoms with Crippen molar-refractivity contribution >= 4 is 17.7 Å². The molecule has 6 nitrogen and oxygen atoms in total. The maximum Gasteiger partial charge on any atom is 0.319 e. The SMILES string of the molecule is CCCCC(Sc1nnnn1-c1ccccc1)C(=O)OC. The third-order valence-corrected chi connectivity index (χ3v) is 4.15. The van der Waals surface area contributed by atoms with E-state index >= 15 is 0 Å². The zero-order valence-electron chi connectivity index (χ0n) is 12.1. The third kappa shape index (κ3) is 4.04. The molecule has 0 aliphatic heterocycles. The van der Waals surface area contributed by atoms with E-state index in [2.05, 4.69) is 22.4 Å². The number of thioether (sulfide) groups is 1. The minimum Gasteiger partial charge on any atom is -0.468 e. The summed E-state index contributed by atoms with van der Waals surface area (Å²) in [6.45, 7) is 2.09. The van der Waals surface area contributed by atoms with Gasteiger partial charge >= 0.3 is 5.97 Å². The number of benzene rings is 1. The van der Waals surface area contributed by atoms with Crippen LogP contribution in [0.15, 0.2) is 35.5 Å². The standard InChI is InChI=1S/C14H18N4O2S/c1-3-4-10-12(13(19)20-2)21-14-15-16-17-18(14)11-8-6-5-7-9-11/h5-9,12H,3-4,10H2,1-2H3. The second-order valence-electron chi connectivity index (χ2n) is 4.48. The van der Waals surface area contributed by atoms with Crippen molar-refractivity contribution in [1.82, 2.24) is 20.2 Å². The molecule has 21 heavy (non-hydrogen) atoms. The summed E-state index contributed by atoms with van der Waals surface area (Å²) in [6.07, 6.45) is 2.73. The van der Waals surface area contributed by atoms with Crippen LogP contribution >= 0.6 is 11.8 Å². The molecule has 0 radical (unpaired) electrons. The van der Waals surface area contributed by atoms with Crippen molar-refractivity contribution < 1.29 is 9.53 Å². The molecular formula is C14H18N4O2S. The first-order valence-corrected chi connectivity index (χ1v) is 7.72. The molecule has 0 saturated carbocycles. The Hall–Kier alpha value is -1.89. The van der Waals surface area contributed by atoms with E-state index in [0.717, 1.165) is 24.9 Å². The molecule has 2 rings (SSSR count). The van der Waals surface area contributed by atoms with E-state index in [1.165, 1.54) is 18.9 Å². The number of esters is 1. The molecule has 1 unspecified atom stereocenters. The van der Waals surface area contributed by atoms with Crippen LogP contribution in [-0.4, -0.2) is 38.5 Å². The third-order valence-electron chi connectivity index (χ3n) is 2.97. The molecule has 1 heterocycles. The number of carbonyl (C=O) groups excluding carboxylic acids is 1. The van der Waals surface area contributed by atoms with Crippen LogP contribution in [-0.2, 0) is 9.53 Å². The molecule has 0 N–H and O–H groups in total. The summed E-state index contributed by atoms with van der Waals surface area (Å²) >= 11 is 1.34. The molecule has 0 saturated heterocycles. The maximum absolute atomic E-state index is 11.9. The van der Waals surface area contributed by atoms with Crippen molar-refractivity contribution in [3.63, 3.8) is 0 Å². The van der Waals surface area contributed by atoms with Crippen LogP contribution in [0, 0.1) is 0 Å². The Bertz CT molecular complexity index is 573. The number of unbranched alkanes of at least 4 members (excludes halogenated alkanes) is 1. The van der Waals surface area contributed by atoms with Crippen LogP contribution in [0.5, 0.6) is 0 Å². The lowest BCUT2D eigenvalue weighted by Crippen LogP contribution is -2.19. The van der Waals surface area contributed by atoms with Crippen molar-refractivity contribution in [3.05, 3.63) is 30.3 Å². The predicted molar refractivity (Wildman–Crippen MR) is 80.3 cm³/mol.